The molecule has 0 aromatic rings. The normalized spacial score (nSPS) is 20.8. The number of hydrogen-bond acceptors (Lipinski definition) is 2. The molecule has 1 aliphatic rings. The lowest BCUT2D eigenvalue weighted by Crippen LogP contribution is -2.39. The van der Waals surface area contributed by atoms with Gasteiger partial charge in [0.05, 0.1) is 4.87 Å². The van der Waals surface area contributed by atoms with E-state index in [9.17, 15) is 0 Å². The van der Waals surface area contributed by atoms with Gasteiger partial charge in [-0.3, -0.25) is 0 Å². The third kappa shape index (κ3) is 4.78. The second kappa shape index (κ2) is 6.80. The molecule has 1 rings (SSSR count). The number of thioether (sulfide) groups is 1. The van der Waals surface area contributed by atoms with Crippen molar-refractivity contribution in [2.24, 2.45) is 5.73 Å². The molecule has 0 amide bonds. The van der Waals surface area contributed by atoms with E-state index in [1.54, 1.807) is 0 Å². The zero-order valence-corrected chi connectivity index (χ0v) is 11.2. The van der Waals surface area contributed by atoms with Crippen LogP contribution in [-0.2, 0) is 0 Å². The monoisotopic (exact) mass is 229 g/mol. The Hall–Kier alpha value is 0.310. The van der Waals surface area contributed by atoms with Crippen LogP contribution in [0.15, 0.2) is 0 Å². The molecule has 90 valence electrons. The summed E-state index contributed by atoms with van der Waals surface area (Å²) in [6, 6.07) is 0. The summed E-state index contributed by atoms with van der Waals surface area (Å²) >= 11 is 2.09. The maximum atomic E-state index is 6.48. The van der Waals surface area contributed by atoms with Crippen molar-refractivity contribution < 1.29 is 0 Å². The average Bonchev–Trinajstić information content (AvgIpc) is 2.19. The summed E-state index contributed by atoms with van der Waals surface area (Å²) in [5.41, 5.74) is 6.48. The van der Waals surface area contributed by atoms with E-state index >= 15 is 0 Å². The summed E-state index contributed by atoms with van der Waals surface area (Å²) in [4.78, 5) is 0.118. The van der Waals surface area contributed by atoms with E-state index in [1.165, 1.54) is 57.8 Å². The average molecular weight is 229 g/mol. The third-order valence-electron chi connectivity index (χ3n) is 3.32. The summed E-state index contributed by atoms with van der Waals surface area (Å²) < 4.78 is 0. The van der Waals surface area contributed by atoms with Gasteiger partial charge in [-0.05, 0) is 25.7 Å². The SMILES string of the molecule is CCCC(CCC)SC1(N)CCCCC1. The molecular formula is C13H27NS. The van der Waals surface area contributed by atoms with Crippen molar-refractivity contribution in [1.82, 2.24) is 0 Å². The Kier molecular flexibility index (Phi) is 6.06. The van der Waals surface area contributed by atoms with Gasteiger partial charge >= 0.3 is 0 Å². The molecule has 1 aliphatic carbocycles. The predicted molar refractivity (Wildman–Crippen MR) is 71.2 cm³/mol. The summed E-state index contributed by atoms with van der Waals surface area (Å²) in [6.45, 7) is 4.57. The van der Waals surface area contributed by atoms with Crippen molar-refractivity contribution in [1.29, 1.82) is 0 Å². The first kappa shape index (κ1) is 13.4. The Balaban J connectivity index is 2.39. The lowest BCUT2D eigenvalue weighted by Gasteiger charge is -2.36. The summed E-state index contributed by atoms with van der Waals surface area (Å²) in [6.07, 6.45) is 11.8. The van der Waals surface area contributed by atoms with Gasteiger partial charge in [-0.1, -0.05) is 46.0 Å². The van der Waals surface area contributed by atoms with Crippen LogP contribution in [0.3, 0.4) is 0 Å². The minimum absolute atomic E-state index is 0.118. The van der Waals surface area contributed by atoms with Crippen LogP contribution in [0.5, 0.6) is 0 Å². The highest BCUT2D eigenvalue weighted by Gasteiger charge is 2.30. The molecule has 2 N–H and O–H groups in total. The Bertz CT molecular complexity index is 158. The van der Waals surface area contributed by atoms with Crippen molar-refractivity contribution in [3.8, 4) is 0 Å². The van der Waals surface area contributed by atoms with Crippen molar-refractivity contribution in [3.05, 3.63) is 0 Å². The molecule has 0 bridgehead atoms. The van der Waals surface area contributed by atoms with Gasteiger partial charge in [0.15, 0.2) is 0 Å². The van der Waals surface area contributed by atoms with Gasteiger partial charge < -0.3 is 5.73 Å². The van der Waals surface area contributed by atoms with E-state index in [4.69, 9.17) is 5.73 Å². The van der Waals surface area contributed by atoms with E-state index < -0.39 is 0 Å². The molecule has 0 aromatic heterocycles. The van der Waals surface area contributed by atoms with Crippen molar-refractivity contribution in [3.63, 3.8) is 0 Å². The summed E-state index contributed by atoms with van der Waals surface area (Å²) in [7, 11) is 0. The molecule has 1 saturated carbocycles. The largest absolute Gasteiger partial charge is 0.317 e. The van der Waals surface area contributed by atoms with Gasteiger partial charge in [-0.25, -0.2) is 0 Å². The van der Waals surface area contributed by atoms with Crippen molar-refractivity contribution in [2.75, 3.05) is 0 Å². The molecule has 2 heteroatoms. The Morgan fingerprint density at radius 3 is 2.07 bits per heavy atom. The molecule has 0 aromatic carbocycles. The molecule has 0 spiro atoms. The highest BCUT2D eigenvalue weighted by atomic mass is 32.2. The second-order valence-corrected chi connectivity index (χ2v) is 6.66. The highest BCUT2D eigenvalue weighted by molar-refractivity contribution is 8.01. The zero-order valence-electron chi connectivity index (χ0n) is 10.4. The molecule has 15 heavy (non-hydrogen) atoms. The van der Waals surface area contributed by atoms with Crippen LogP contribution in [0.25, 0.3) is 0 Å². The number of rotatable bonds is 6. The lowest BCUT2D eigenvalue weighted by molar-refractivity contribution is 0.404. The van der Waals surface area contributed by atoms with Crippen LogP contribution >= 0.6 is 11.8 Å². The second-order valence-electron chi connectivity index (χ2n) is 4.94. The van der Waals surface area contributed by atoms with Gasteiger partial charge in [0.1, 0.15) is 0 Å². The molecule has 0 unspecified atom stereocenters. The van der Waals surface area contributed by atoms with Crippen molar-refractivity contribution in [2.45, 2.75) is 81.8 Å². The fraction of sp³-hybridized carbons (Fsp3) is 1.00. The first-order valence-electron chi connectivity index (χ1n) is 6.67. The number of nitrogens with two attached hydrogens (primary N) is 1. The highest BCUT2D eigenvalue weighted by Crippen LogP contribution is 2.40. The van der Waals surface area contributed by atoms with E-state index in [0.717, 1.165) is 5.25 Å². The van der Waals surface area contributed by atoms with Gasteiger partial charge in [0.25, 0.3) is 0 Å². The van der Waals surface area contributed by atoms with Crippen LogP contribution in [0, 0.1) is 0 Å². The minimum atomic E-state index is 0.118. The molecule has 0 heterocycles. The standard InChI is InChI=1S/C13H27NS/c1-3-8-12(9-4-2)15-13(14)10-6-5-7-11-13/h12H,3-11,14H2,1-2H3. The minimum Gasteiger partial charge on any atom is -0.317 e. The molecule has 0 atom stereocenters. The number of hydrogen-bond donors (Lipinski definition) is 1. The zero-order chi connectivity index (χ0) is 11.1. The molecule has 0 radical (unpaired) electrons. The first-order valence-corrected chi connectivity index (χ1v) is 7.55. The summed E-state index contributed by atoms with van der Waals surface area (Å²) in [5.74, 6) is 0. The van der Waals surface area contributed by atoms with Crippen LogP contribution in [-0.4, -0.2) is 10.1 Å². The van der Waals surface area contributed by atoms with E-state index in [0.29, 0.717) is 0 Å². The third-order valence-corrected chi connectivity index (χ3v) is 5.00. The molecule has 1 fully saturated rings. The van der Waals surface area contributed by atoms with Gasteiger partial charge in [0, 0.05) is 5.25 Å². The Morgan fingerprint density at radius 2 is 1.60 bits per heavy atom. The molecule has 1 nitrogen and oxygen atoms in total. The maximum Gasteiger partial charge on any atom is 0.0623 e. The van der Waals surface area contributed by atoms with Crippen LogP contribution in [0.1, 0.15) is 71.6 Å². The quantitative estimate of drug-likeness (QED) is 0.687. The molecular weight excluding hydrogens is 202 g/mol. The van der Waals surface area contributed by atoms with Crippen molar-refractivity contribution >= 4 is 11.8 Å². The van der Waals surface area contributed by atoms with Gasteiger partial charge in [-0.2, -0.15) is 0 Å². The smallest absolute Gasteiger partial charge is 0.0623 e. The maximum absolute atomic E-state index is 6.48. The lowest BCUT2D eigenvalue weighted by atomic mass is 9.96. The fourth-order valence-corrected chi connectivity index (χ4v) is 4.40. The van der Waals surface area contributed by atoms with Crippen LogP contribution in [0.2, 0.25) is 0 Å². The van der Waals surface area contributed by atoms with Gasteiger partial charge in [0.2, 0.25) is 0 Å². The van der Waals surface area contributed by atoms with E-state index in [1.807, 2.05) is 0 Å². The van der Waals surface area contributed by atoms with Gasteiger partial charge in [-0.15, -0.1) is 11.8 Å². The van der Waals surface area contributed by atoms with Crippen LogP contribution < -0.4 is 5.73 Å². The molecule has 0 saturated heterocycles. The Morgan fingerprint density at radius 1 is 1.07 bits per heavy atom. The first-order chi connectivity index (χ1) is 7.20. The topological polar surface area (TPSA) is 26.0 Å². The van der Waals surface area contributed by atoms with E-state index in [-0.39, 0.29) is 4.87 Å². The Labute approximate surface area is 99.6 Å². The fourth-order valence-electron chi connectivity index (χ4n) is 2.51. The van der Waals surface area contributed by atoms with Crippen LogP contribution in [0.4, 0.5) is 0 Å². The predicted octanol–water partition coefficient (Wildman–Crippen LogP) is 4.31. The molecule has 0 aliphatic heterocycles. The summed E-state index contributed by atoms with van der Waals surface area (Å²) in [5, 5.41) is 0.808. The van der Waals surface area contributed by atoms with E-state index in [2.05, 4.69) is 25.6 Å².